The zero-order chi connectivity index (χ0) is 23.3. The van der Waals surface area contributed by atoms with Crippen LogP contribution in [0.1, 0.15) is 43.4 Å². The van der Waals surface area contributed by atoms with Gasteiger partial charge in [0.1, 0.15) is 6.54 Å². The van der Waals surface area contributed by atoms with E-state index in [1.54, 1.807) is 36.4 Å². The molecule has 0 saturated carbocycles. The van der Waals surface area contributed by atoms with Crippen LogP contribution in [-0.2, 0) is 21.2 Å². The Hall–Kier alpha value is -3.12. The standard InChI is InChI=1S/C26H30N2O3S/c1-5-21-8-6-7-9-25(21)28(32(30,31)24-16-10-20(4)11-17-24)18-26(29)27-23-14-12-22(13-15-23)19(2)3/h6-17,19H,5,18H2,1-4H3,(H,27,29). The van der Waals surface area contributed by atoms with Crippen molar-refractivity contribution < 1.29 is 13.2 Å². The van der Waals surface area contributed by atoms with Gasteiger partial charge in [-0.15, -0.1) is 0 Å². The van der Waals surface area contributed by atoms with E-state index < -0.39 is 15.9 Å². The summed E-state index contributed by atoms with van der Waals surface area (Å²) in [5.41, 5.74) is 4.14. The zero-order valence-corrected chi connectivity index (χ0v) is 19.8. The minimum Gasteiger partial charge on any atom is -0.325 e. The maximum atomic E-state index is 13.6. The maximum Gasteiger partial charge on any atom is 0.264 e. The molecule has 3 aromatic rings. The van der Waals surface area contributed by atoms with E-state index in [0.29, 0.717) is 23.7 Å². The van der Waals surface area contributed by atoms with Crippen molar-refractivity contribution in [2.24, 2.45) is 0 Å². The first-order chi connectivity index (χ1) is 15.2. The molecule has 0 atom stereocenters. The summed E-state index contributed by atoms with van der Waals surface area (Å²) in [5.74, 6) is -0.00988. The van der Waals surface area contributed by atoms with Gasteiger partial charge in [0, 0.05) is 5.69 Å². The smallest absolute Gasteiger partial charge is 0.264 e. The third kappa shape index (κ3) is 5.37. The first kappa shape index (κ1) is 23.5. The van der Waals surface area contributed by atoms with Crippen molar-refractivity contribution in [3.8, 4) is 0 Å². The molecule has 1 N–H and O–H groups in total. The number of hydrogen-bond donors (Lipinski definition) is 1. The van der Waals surface area contributed by atoms with Crippen LogP contribution in [0, 0.1) is 6.92 Å². The predicted molar refractivity (Wildman–Crippen MR) is 131 cm³/mol. The van der Waals surface area contributed by atoms with Crippen molar-refractivity contribution in [3.05, 3.63) is 89.5 Å². The number of hydrogen-bond acceptors (Lipinski definition) is 3. The minimum atomic E-state index is -3.94. The Morgan fingerprint density at radius 2 is 1.56 bits per heavy atom. The summed E-state index contributed by atoms with van der Waals surface area (Å²) >= 11 is 0. The van der Waals surface area contributed by atoms with Gasteiger partial charge in [-0.3, -0.25) is 9.10 Å². The zero-order valence-electron chi connectivity index (χ0n) is 19.0. The highest BCUT2D eigenvalue weighted by molar-refractivity contribution is 7.92. The lowest BCUT2D eigenvalue weighted by atomic mass is 10.0. The number of benzene rings is 3. The average Bonchev–Trinajstić information content (AvgIpc) is 2.78. The quantitative estimate of drug-likeness (QED) is 0.492. The Morgan fingerprint density at radius 3 is 2.16 bits per heavy atom. The molecule has 32 heavy (non-hydrogen) atoms. The number of nitrogens with zero attached hydrogens (tertiary/aromatic N) is 1. The molecule has 0 fully saturated rings. The molecule has 6 heteroatoms. The fraction of sp³-hybridized carbons (Fsp3) is 0.269. The number of rotatable bonds is 8. The molecule has 0 bridgehead atoms. The van der Waals surface area contributed by atoms with E-state index >= 15 is 0 Å². The van der Waals surface area contributed by atoms with Crippen LogP contribution in [0.25, 0.3) is 0 Å². The predicted octanol–water partition coefficient (Wildman–Crippen LogP) is 5.51. The fourth-order valence-electron chi connectivity index (χ4n) is 3.47. The lowest BCUT2D eigenvalue weighted by Crippen LogP contribution is -2.38. The summed E-state index contributed by atoms with van der Waals surface area (Å²) in [7, 11) is -3.94. The van der Waals surface area contributed by atoms with Gasteiger partial charge >= 0.3 is 0 Å². The first-order valence-electron chi connectivity index (χ1n) is 10.8. The molecule has 0 aliphatic rings. The second-order valence-electron chi connectivity index (χ2n) is 8.13. The lowest BCUT2D eigenvalue weighted by molar-refractivity contribution is -0.114. The molecule has 0 radical (unpaired) electrons. The molecule has 5 nitrogen and oxygen atoms in total. The summed E-state index contributed by atoms with van der Waals surface area (Å²) < 4.78 is 28.3. The first-order valence-corrected chi connectivity index (χ1v) is 12.2. The lowest BCUT2D eigenvalue weighted by Gasteiger charge is -2.26. The number of carbonyl (C=O) groups is 1. The van der Waals surface area contributed by atoms with Crippen LogP contribution in [0.4, 0.5) is 11.4 Å². The SMILES string of the molecule is CCc1ccccc1N(CC(=O)Nc1ccc(C(C)C)cc1)S(=O)(=O)c1ccc(C)cc1. The number of anilines is 2. The highest BCUT2D eigenvalue weighted by atomic mass is 32.2. The van der Waals surface area contributed by atoms with Gasteiger partial charge in [-0.25, -0.2) is 8.42 Å². The van der Waals surface area contributed by atoms with Gasteiger partial charge in [0.15, 0.2) is 0 Å². The molecular formula is C26H30N2O3S. The molecule has 0 unspecified atom stereocenters. The van der Waals surface area contributed by atoms with Crippen molar-refractivity contribution in [3.63, 3.8) is 0 Å². The Morgan fingerprint density at radius 1 is 0.938 bits per heavy atom. The third-order valence-corrected chi connectivity index (χ3v) is 7.17. The molecule has 0 heterocycles. The number of nitrogens with one attached hydrogen (secondary N) is 1. The number of amides is 1. The van der Waals surface area contributed by atoms with E-state index in [2.05, 4.69) is 19.2 Å². The molecule has 0 spiro atoms. The molecule has 0 saturated heterocycles. The van der Waals surface area contributed by atoms with Gasteiger partial charge in [-0.2, -0.15) is 0 Å². The van der Waals surface area contributed by atoms with Gasteiger partial charge in [0.25, 0.3) is 10.0 Å². The van der Waals surface area contributed by atoms with Crippen LogP contribution in [-0.4, -0.2) is 20.9 Å². The molecule has 1 amide bonds. The minimum absolute atomic E-state index is 0.156. The Labute approximate surface area is 191 Å². The van der Waals surface area contributed by atoms with Gasteiger partial charge in [0.2, 0.25) is 5.91 Å². The van der Waals surface area contributed by atoms with E-state index in [1.807, 2.05) is 50.2 Å². The molecule has 168 valence electrons. The van der Waals surface area contributed by atoms with Crippen LogP contribution >= 0.6 is 0 Å². The second-order valence-corrected chi connectivity index (χ2v) is 9.99. The number of para-hydroxylation sites is 1. The monoisotopic (exact) mass is 450 g/mol. The van der Waals surface area contributed by atoms with E-state index in [-0.39, 0.29) is 11.4 Å². The summed E-state index contributed by atoms with van der Waals surface area (Å²) in [5, 5.41) is 2.83. The second kappa shape index (κ2) is 10.0. The van der Waals surface area contributed by atoms with Crippen LogP contribution in [0.3, 0.4) is 0 Å². The Kier molecular flexibility index (Phi) is 7.36. The van der Waals surface area contributed by atoms with Crippen LogP contribution in [0.2, 0.25) is 0 Å². The van der Waals surface area contributed by atoms with E-state index in [0.717, 1.165) is 11.1 Å². The highest BCUT2D eigenvalue weighted by Crippen LogP contribution is 2.28. The van der Waals surface area contributed by atoms with Gasteiger partial charge < -0.3 is 5.32 Å². The average molecular weight is 451 g/mol. The number of aryl methyl sites for hydroxylation is 2. The highest BCUT2D eigenvalue weighted by Gasteiger charge is 2.28. The van der Waals surface area contributed by atoms with Gasteiger partial charge in [0.05, 0.1) is 10.6 Å². The number of carbonyl (C=O) groups excluding carboxylic acids is 1. The van der Waals surface area contributed by atoms with E-state index in [4.69, 9.17) is 0 Å². The molecule has 0 aliphatic carbocycles. The Balaban J connectivity index is 1.94. The third-order valence-electron chi connectivity index (χ3n) is 5.40. The van der Waals surface area contributed by atoms with Crippen molar-refractivity contribution >= 4 is 27.3 Å². The fourth-order valence-corrected chi connectivity index (χ4v) is 4.93. The normalized spacial score (nSPS) is 11.4. The summed E-state index contributed by atoms with van der Waals surface area (Å²) in [6.07, 6.45) is 0.647. The summed E-state index contributed by atoms with van der Waals surface area (Å²) in [6.45, 7) is 7.75. The van der Waals surface area contributed by atoms with Crippen molar-refractivity contribution in [2.45, 2.75) is 44.9 Å². The van der Waals surface area contributed by atoms with Gasteiger partial charge in [-0.05, 0) is 60.7 Å². The number of sulfonamides is 1. The molecule has 0 aromatic heterocycles. The van der Waals surface area contributed by atoms with Crippen LogP contribution in [0.5, 0.6) is 0 Å². The molecule has 0 aliphatic heterocycles. The Bertz CT molecular complexity index is 1170. The molecule has 3 aromatic carbocycles. The van der Waals surface area contributed by atoms with Crippen molar-refractivity contribution in [1.29, 1.82) is 0 Å². The molecule has 3 rings (SSSR count). The van der Waals surface area contributed by atoms with Crippen LogP contribution in [0.15, 0.2) is 77.7 Å². The summed E-state index contributed by atoms with van der Waals surface area (Å²) in [6, 6.07) is 21.6. The van der Waals surface area contributed by atoms with Crippen molar-refractivity contribution in [1.82, 2.24) is 0 Å². The van der Waals surface area contributed by atoms with Gasteiger partial charge in [-0.1, -0.05) is 68.8 Å². The summed E-state index contributed by atoms with van der Waals surface area (Å²) in [4.78, 5) is 13.1. The largest absolute Gasteiger partial charge is 0.325 e. The van der Waals surface area contributed by atoms with E-state index in [1.165, 1.54) is 9.87 Å². The van der Waals surface area contributed by atoms with Crippen LogP contribution < -0.4 is 9.62 Å². The maximum absolute atomic E-state index is 13.6. The van der Waals surface area contributed by atoms with E-state index in [9.17, 15) is 13.2 Å². The van der Waals surface area contributed by atoms with Crippen molar-refractivity contribution in [2.75, 3.05) is 16.2 Å². The topological polar surface area (TPSA) is 66.5 Å². The molecular weight excluding hydrogens is 420 g/mol.